The molecule has 0 aliphatic heterocycles. The monoisotopic (exact) mass is 232 g/mol. The molecule has 4 nitrogen and oxygen atoms in total. The Labute approximate surface area is 100 Å². The van der Waals surface area contributed by atoms with Gasteiger partial charge >= 0.3 is 0 Å². The van der Waals surface area contributed by atoms with E-state index in [0.717, 1.165) is 58.8 Å². The van der Waals surface area contributed by atoms with E-state index in [4.69, 9.17) is 15.2 Å². The van der Waals surface area contributed by atoms with Crippen LogP contribution in [0.15, 0.2) is 0 Å². The maximum atomic E-state index is 5.55. The summed E-state index contributed by atoms with van der Waals surface area (Å²) in [6.07, 6.45) is 3.39. The summed E-state index contributed by atoms with van der Waals surface area (Å²) in [5, 5.41) is 0. The molecule has 0 atom stereocenters. The smallest absolute Gasteiger partial charge is 0.0593 e. The zero-order chi connectivity index (χ0) is 12.1. The van der Waals surface area contributed by atoms with Crippen LogP contribution in [0.1, 0.15) is 26.2 Å². The Morgan fingerprint density at radius 2 is 1.75 bits per heavy atom. The third-order valence-corrected chi connectivity index (χ3v) is 2.48. The number of hydrogen-bond donors (Lipinski definition) is 1. The Kier molecular flexibility index (Phi) is 12.8. The van der Waals surface area contributed by atoms with Crippen LogP contribution < -0.4 is 5.73 Å². The van der Waals surface area contributed by atoms with Crippen molar-refractivity contribution in [2.75, 3.05) is 53.1 Å². The Balaban J connectivity index is 3.48. The van der Waals surface area contributed by atoms with Gasteiger partial charge in [0.05, 0.1) is 13.2 Å². The van der Waals surface area contributed by atoms with E-state index in [-0.39, 0.29) is 0 Å². The molecule has 0 heterocycles. The van der Waals surface area contributed by atoms with Gasteiger partial charge in [0.2, 0.25) is 0 Å². The van der Waals surface area contributed by atoms with Crippen LogP contribution in [0.25, 0.3) is 0 Å². The van der Waals surface area contributed by atoms with Gasteiger partial charge in [-0.05, 0) is 25.9 Å². The van der Waals surface area contributed by atoms with Crippen LogP contribution in [-0.4, -0.2) is 58.0 Å². The van der Waals surface area contributed by atoms with Crippen molar-refractivity contribution in [1.82, 2.24) is 4.90 Å². The number of rotatable bonds is 12. The second-order valence-electron chi connectivity index (χ2n) is 3.94. The first kappa shape index (κ1) is 15.8. The highest BCUT2D eigenvalue weighted by Crippen LogP contribution is 1.93. The minimum absolute atomic E-state index is 0.750. The lowest BCUT2D eigenvalue weighted by Crippen LogP contribution is -2.32. The molecule has 0 rings (SSSR count). The van der Waals surface area contributed by atoms with Crippen LogP contribution in [-0.2, 0) is 9.47 Å². The molecule has 16 heavy (non-hydrogen) atoms. The maximum Gasteiger partial charge on any atom is 0.0593 e. The fraction of sp³-hybridized carbons (Fsp3) is 1.00. The lowest BCUT2D eigenvalue weighted by Gasteiger charge is -2.21. The lowest BCUT2D eigenvalue weighted by molar-refractivity contribution is 0.0865. The minimum Gasteiger partial charge on any atom is -0.383 e. The van der Waals surface area contributed by atoms with Crippen LogP contribution in [0, 0.1) is 0 Å². The highest BCUT2D eigenvalue weighted by atomic mass is 16.5. The summed E-state index contributed by atoms with van der Waals surface area (Å²) in [7, 11) is 1.73. The highest BCUT2D eigenvalue weighted by molar-refractivity contribution is 4.57. The van der Waals surface area contributed by atoms with Gasteiger partial charge in [0.15, 0.2) is 0 Å². The summed E-state index contributed by atoms with van der Waals surface area (Å²) >= 11 is 0. The van der Waals surface area contributed by atoms with Gasteiger partial charge < -0.3 is 15.2 Å². The Hall–Kier alpha value is -0.160. The molecule has 0 aromatic heterocycles. The molecule has 0 fully saturated rings. The summed E-state index contributed by atoms with van der Waals surface area (Å²) in [6.45, 7) is 8.38. The Bertz CT molecular complexity index is 126. The number of nitrogens with two attached hydrogens (primary N) is 1. The van der Waals surface area contributed by atoms with Gasteiger partial charge in [-0.15, -0.1) is 0 Å². The third-order valence-electron chi connectivity index (χ3n) is 2.48. The summed E-state index contributed by atoms with van der Waals surface area (Å²) in [6, 6.07) is 0. The van der Waals surface area contributed by atoms with Crippen molar-refractivity contribution < 1.29 is 9.47 Å². The summed E-state index contributed by atoms with van der Waals surface area (Å²) in [4.78, 5) is 2.35. The molecule has 0 spiro atoms. The largest absolute Gasteiger partial charge is 0.383 e. The molecule has 0 unspecified atom stereocenters. The molecule has 0 aromatic carbocycles. The fourth-order valence-electron chi connectivity index (χ4n) is 1.41. The van der Waals surface area contributed by atoms with Gasteiger partial charge in [0, 0.05) is 26.8 Å². The van der Waals surface area contributed by atoms with E-state index < -0.39 is 0 Å². The fourth-order valence-corrected chi connectivity index (χ4v) is 1.41. The molecule has 0 aliphatic carbocycles. The number of hydrogen-bond acceptors (Lipinski definition) is 4. The van der Waals surface area contributed by atoms with Crippen LogP contribution in [0.3, 0.4) is 0 Å². The summed E-state index contributed by atoms with van der Waals surface area (Å²) < 4.78 is 10.6. The van der Waals surface area contributed by atoms with Gasteiger partial charge in [0.25, 0.3) is 0 Å². The molecule has 0 amide bonds. The van der Waals surface area contributed by atoms with Gasteiger partial charge in [0.1, 0.15) is 0 Å². The zero-order valence-electron chi connectivity index (χ0n) is 10.9. The van der Waals surface area contributed by atoms with E-state index in [1.165, 1.54) is 6.42 Å². The van der Waals surface area contributed by atoms with Crippen LogP contribution >= 0.6 is 0 Å². The predicted octanol–water partition coefficient (Wildman–Crippen LogP) is 1.10. The Morgan fingerprint density at radius 1 is 1.00 bits per heavy atom. The molecule has 0 bridgehead atoms. The topological polar surface area (TPSA) is 47.7 Å². The predicted molar refractivity (Wildman–Crippen MR) is 67.7 cm³/mol. The van der Waals surface area contributed by atoms with E-state index in [1.54, 1.807) is 7.11 Å². The van der Waals surface area contributed by atoms with Gasteiger partial charge in [-0.3, -0.25) is 4.90 Å². The quantitative estimate of drug-likeness (QED) is 0.512. The molecular weight excluding hydrogens is 204 g/mol. The van der Waals surface area contributed by atoms with E-state index >= 15 is 0 Å². The summed E-state index contributed by atoms with van der Waals surface area (Å²) in [5.74, 6) is 0. The summed E-state index contributed by atoms with van der Waals surface area (Å²) in [5.41, 5.74) is 5.51. The molecule has 0 radical (unpaired) electrons. The molecule has 2 N–H and O–H groups in total. The lowest BCUT2D eigenvalue weighted by atomic mass is 10.3. The number of methoxy groups -OCH3 is 1. The van der Waals surface area contributed by atoms with Crippen molar-refractivity contribution >= 4 is 0 Å². The number of unbranched alkanes of at least 4 members (excludes halogenated alkanes) is 1. The molecule has 0 saturated heterocycles. The molecule has 98 valence electrons. The standard InChI is InChI=1S/C12H28N2O2/c1-3-4-10-16-12-9-14(7-5-6-13)8-11-15-2/h3-13H2,1-2H3. The SMILES string of the molecule is CCCCOCCN(CCCN)CCOC. The van der Waals surface area contributed by atoms with Crippen molar-refractivity contribution in [3.05, 3.63) is 0 Å². The first-order chi connectivity index (χ1) is 7.85. The first-order valence-corrected chi connectivity index (χ1v) is 6.34. The van der Waals surface area contributed by atoms with E-state index in [2.05, 4.69) is 11.8 Å². The van der Waals surface area contributed by atoms with Gasteiger partial charge in [-0.25, -0.2) is 0 Å². The van der Waals surface area contributed by atoms with Crippen molar-refractivity contribution in [2.24, 2.45) is 5.73 Å². The minimum atomic E-state index is 0.750. The average molecular weight is 232 g/mol. The van der Waals surface area contributed by atoms with Crippen LogP contribution in [0.4, 0.5) is 0 Å². The van der Waals surface area contributed by atoms with Crippen molar-refractivity contribution in [3.63, 3.8) is 0 Å². The van der Waals surface area contributed by atoms with Gasteiger partial charge in [-0.2, -0.15) is 0 Å². The van der Waals surface area contributed by atoms with Crippen molar-refractivity contribution in [1.29, 1.82) is 0 Å². The van der Waals surface area contributed by atoms with Crippen molar-refractivity contribution in [2.45, 2.75) is 26.2 Å². The van der Waals surface area contributed by atoms with E-state index in [1.807, 2.05) is 0 Å². The number of ether oxygens (including phenoxy) is 2. The molecule has 0 aliphatic rings. The average Bonchev–Trinajstić information content (AvgIpc) is 2.31. The molecular formula is C12H28N2O2. The highest BCUT2D eigenvalue weighted by Gasteiger charge is 2.03. The third kappa shape index (κ3) is 10.4. The first-order valence-electron chi connectivity index (χ1n) is 6.34. The van der Waals surface area contributed by atoms with Crippen molar-refractivity contribution in [3.8, 4) is 0 Å². The maximum absolute atomic E-state index is 5.55. The molecule has 0 aromatic rings. The van der Waals surface area contributed by atoms with E-state index in [9.17, 15) is 0 Å². The Morgan fingerprint density at radius 3 is 2.38 bits per heavy atom. The van der Waals surface area contributed by atoms with E-state index in [0.29, 0.717) is 0 Å². The van der Waals surface area contributed by atoms with Gasteiger partial charge in [-0.1, -0.05) is 13.3 Å². The second kappa shape index (κ2) is 12.9. The van der Waals surface area contributed by atoms with Crippen LogP contribution in [0.5, 0.6) is 0 Å². The molecule has 4 heteroatoms. The second-order valence-corrected chi connectivity index (χ2v) is 3.94. The normalized spacial score (nSPS) is 11.2. The number of nitrogens with zero attached hydrogens (tertiary/aromatic N) is 1. The molecule has 0 saturated carbocycles. The van der Waals surface area contributed by atoms with Crippen LogP contribution in [0.2, 0.25) is 0 Å². The zero-order valence-corrected chi connectivity index (χ0v) is 10.9.